The highest BCUT2D eigenvalue weighted by atomic mass is 16.2. The molecule has 0 radical (unpaired) electrons. The number of hydrogen-bond donors (Lipinski definition) is 1. The van der Waals surface area contributed by atoms with Crippen LogP contribution in [0.5, 0.6) is 0 Å². The zero-order valence-electron chi connectivity index (χ0n) is 12.5. The molecule has 0 bridgehead atoms. The van der Waals surface area contributed by atoms with Crippen molar-refractivity contribution in [3.63, 3.8) is 0 Å². The Hall–Kier alpha value is -1.89. The summed E-state index contributed by atoms with van der Waals surface area (Å²) in [6.45, 7) is 4.42. The molecule has 3 rings (SSSR count). The molecule has 114 valence electrons. The maximum atomic E-state index is 12.7. The Balaban J connectivity index is 1.77. The van der Waals surface area contributed by atoms with Gasteiger partial charge in [0.05, 0.1) is 25.0 Å². The second-order valence-electron chi connectivity index (χ2n) is 5.77. The fraction of sp³-hybridized carbons (Fsp3) is 0.643. The molecule has 2 amide bonds. The lowest BCUT2D eigenvalue weighted by molar-refractivity contribution is -0.128. The van der Waals surface area contributed by atoms with Gasteiger partial charge >= 0.3 is 6.03 Å². The predicted molar refractivity (Wildman–Crippen MR) is 76.6 cm³/mol. The molecule has 0 aromatic carbocycles. The first-order chi connectivity index (χ1) is 10.1. The van der Waals surface area contributed by atoms with Crippen LogP contribution in [0.15, 0.2) is 6.20 Å². The van der Waals surface area contributed by atoms with Crippen LogP contribution in [0, 0.1) is 0 Å². The number of nitrogens with zero attached hydrogens (tertiary/aromatic N) is 4. The Morgan fingerprint density at radius 1 is 1.48 bits per heavy atom. The molecule has 3 heterocycles. The average Bonchev–Trinajstić information content (AvgIpc) is 3.01. The monoisotopic (exact) mass is 291 g/mol. The molecule has 0 unspecified atom stereocenters. The number of rotatable bonds is 3. The van der Waals surface area contributed by atoms with Gasteiger partial charge < -0.3 is 15.1 Å². The van der Waals surface area contributed by atoms with Crippen molar-refractivity contribution in [3.8, 4) is 0 Å². The summed E-state index contributed by atoms with van der Waals surface area (Å²) in [5, 5.41) is 3.32. The summed E-state index contributed by atoms with van der Waals surface area (Å²) >= 11 is 0. The summed E-state index contributed by atoms with van der Waals surface area (Å²) in [5.74, 6) is 0.608. The van der Waals surface area contributed by atoms with Crippen LogP contribution in [-0.2, 0) is 17.9 Å². The first kappa shape index (κ1) is 14.1. The molecule has 1 fully saturated rings. The van der Waals surface area contributed by atoms with Crippen molar-refractivity contribution in [2.45, 2.75) is 38.9 Å². The van der Waals surface area contributed by atoms with Gasteiger partial charge in [-0.3, -0.25) is 4.79 Å². The number of carbonyl (C=O) groups is 2. The van der Waals surface area contributed by atoms with Gasteiger partial charge in [0.1, 0.15) is 5.82 Å². The SMILES string of the molecule is CC(=O)N(C)Cc1ncc2n1C(=O)N(C1CCNCC1)C2. The standard InChI is InChI=1S/C14H21N5O2/c1-10(20)17(2)9-13-16-7-12-8-18(14(21)19(12)13)11-3-5-15-6-4-11/h7,11,15H,3-6,8-9H2,1-2H3. The largest absolute Gasteiger partial charge is 0.339 e. The topological polar surface area (TPSA) is 70.5 Å². The quantitative estimate of drug-likeness (QED) is 0.875. The Bertz CT molecular complexity index is 562. The fourth-order valence-corrected chi connectivity index (χ4v) is 2.98. The molecule has 1 N–H and O–H groups in total. The van der Waals surface area contributed by atoms with E-state index >= 15 is 0 Å². The normalized spacial score (nSPS) is 19.0. The van der Waals surface area contributed by atoms with E-state index in [1.807, 2.05) is 4.90 Å². The Morgan fingerprint density at radius 2 is 2.19 bits per heavy atom. The van der Waals surface area contributed by atoms with Gasteiger partial charge in [0.2, 0.25) is 5.91 Å². The number of hydrogen-bond acceptors (Lipinski definition) is 4. The maximum absolute atomic E-state index is 12.7. The third-order valence-electron chi connectivity index (χ3n) is 4.34. The van der Waals surface area contributed by atoms with Crippen LogP contribution in [-0.4, -0.2) is 57.5 Å². The van der Waals surface area contributed by atoms with Crippen LogP contribution in [0.3, 0.4) is 0 Å². The number of amides is 2. The van der Waals surface area contributed by atoms with Gasteiger partial charge in [-0.25, -0.2) is 14.3 Å². The lowest BCUT2D eigenvalue weighted by Gasteiger charge is -2.30. The van der Waals surface area contributed by atoms with Crippen LogP contribution in [0.2, 0.25) is 0 Å². The van der Waals surface area contributed by atoms with Crippen LogP contribution >= 0.6 is 0 Å². The molecule has 7 heteroatoms. The van der Waals surface area contributed by atoms with Crippen LogP contribution < -0.4 is 5.32 Å². The summed E-state index contributed by atoms with van der Waals surface area (Å²) < 4.78 is 1.67. The van der Waals surface area contributed by atoms with Gasteiger partial charge in [0.15, 0.2) is 0 Å². The molecule has 7 nitrogen and oxygen atoms in total. The van der Waals surface area contributed by atoms with E-state index in [9.17, 15) is 9.59 Å². The molecular formula is C14H21N5O2. The van der Waals surface area contributed by atoms with Crippen LogP contribution in [0.4, 0.5) is 4.79 Å². The van der Waals surface area contributed by atoms with E-state index in [0.717, 1.165) is 31.6 Å². The van der Waals surface area contributed by atoms with Crippen molar-refractivity contribution in [1.29, 1.82) is 0 Å². The maximum Gasteiger partial charge on any atom is 0.330 e. The Morgan fingerprint density at radius 3 is 2.86 bits per heavy atom. The number of carbonyl (C=O) groups excluding carboxylic acids is 2. The molecule has 1 saturated heterocycles. The molecule has 0 saturated carbocycles. The molecule has 1 aromatic heterocycles. The van der Waals surface area contributed by atoms with Gasteiger partial charge in [0.25, 0.3) is 0 Å². The minimum Gasteiger partial charge on any atom is -0.339 e. The zero-order chi connectivity index (χ0) is 15.0. The van der Waals surface area contributed by atoms with E-state index in [2.05, 4.69) is 10.3 Å². The van der Waals surface area contributed by atoms with Gasteiger partial charge in [0, 0.05) is 20.0 Å². The lowest BCUT2D eigenvalue weighted by Crippen LogP contribution is -2.44. The van der Waals surface area contributed by atoms with Gasteiger partial charge in [-0.15, -0.1) is 0 Å². The highest BCUT2D eigenvalue weighted by Crippen LogP contribution is 2.24. The van der Waals surface area contributed by atoms with Gasteiger partial charge in [-0.2, -0.15) is 0 Å². The van der Waals surface area contributed by atoms with Crippen molar-refractivity contribution in [1.82, 2.24) is 24.7 Å². The van der Waals surface area contributed by atoms with E-state index in [1.54, 1.807) is 22.7 Å². The van der Waals surface area contributed by atoms with Crippen LogP contribution in [0.1, 0.15) is 31.3 Å². The smallest absolute Gasteiger partial charge is 0.330 e. The van der Waals surface area contributed by atoms with Crippen molar-refractivity contribution in [2.75, 3.05) is 20.1 Å². The molecule has 0 spiro atoms. The van der Waals surface area contributed by atoms with E-state index in [4.69, 9.17) is 0 Å². The third kappa shape index (κ3) is 2.53. The fourth-order valence-electron chi connectivity index (χ4n) is 2.98. The molecule has 1 aromatic rings. The summed E-state index contributed by atoms with van der Waals surface area (Å²) in [4.78, 5) is 31.8. The second kappa shape index (κ2) is 5.48. The number of nitrogens with one attached hydrogen (secondary N) is 1. The minimum atomic E-state index is -0.0343. The number of piperidine rings is 1. The Kier molecular flexibility index (Phi) is 3.67. The van der Waals surface area contributed by atoms with Crippen molar-refractivity contribution in [3.05, 3.63) is 17.7 Å². The molecule has 0 aliphatic carbocycles. The molecule has 21 heavy (non-hydrogen) atoms. The van der Waals surface area contributed by atoms with Crippen LogP contribution in [0.25, 0.3) is 0 Å². The second-order valence-corrected chi connectivity index (χ2v) is 5.77. The van der Waals surface area contributed by atoms with Gasteiger partial charge in [-0.1, -0.05) is 0 Å². The molecule has 2 aliphatic heterocycles. The third-order valence-corrected chi connectivity index (χ3v) is 4.34. The minimum absolute atomic E-state index is 0.00125. The van der Waals surface area contributed by atoms with E-state index in [0.29, 0.717) is 25.0 Å². The summed E-state index contributed by atoms with van der Waals surface area (Å²) in [6.07, 6.45) is 3.74. The highest BCUT2D eigenvalue weighted by molar-refractivity contribution is 5.81. The van der Waals surface area contributed by atoms with Crippen molar-refractivity contribution < 1.29 is 9.59 Å². The van der Waals surface area contributed by atoms with E-state index in [1.165, 1.54) is 6.92 Å². The Labute approximate surface area is 123 Å². The first-order valence-electron chi connectivity index (χ1n) is 7.37. The number of fused-ring (bicyclic) bond motifs is 1. The van der Waals surface area contributed by atoms with E-state index < -0.39 is 0 Å². The predicted octanol–water partition coefficient (Wildman–Crippen LogP) is 0.397. The van der Waals surface area contributed by atoms with E-state index in [-0.39, 0.29) is 11.9 Å². The lowest BCUT2D eigenvalue weighted by atomic mass is 10.1. The van der Waals surface area contributed by atoms with Crippen molar-refractivity contribution in [2.24, 2.45) is 0 Å². The summed E-state index contributed by atoms with van der Waals surface area (Å²) in [5.41, 5.74) is 0.922. The number of imidazole rings is 1. The molecule has 2 aliphatic rings. The molecular weight excluding hydrogens is 270 g/mol. The summed E-state index contributed by atoms with van der Waals surface area (Å²) in [7, 11) is 1.72. The highest BCUT2D eigenvalue weighted by Gasteiger charge is 2.35. The molecule has 0 atom stereocenters. The van der Waals surface area contributed by atoms with Gasteiger partial charge in [-0.05, 0) is 25.9 Å². The number of aromatic nitrogens is 2. The zero-order valence-corrected chi connectivity index (χ0v) is 12.5. The van der Waals surface area contributed by atoms with Crippen molar-refractivity contribution >= 4 is 11.9 Å². The first-order valence-corrected chi connectivity index (χ1v) is 7.37. The average molecular weight is 291 g/mol. The summed E-state index contributed by atoms with van der Waals surface area (Å²) in [6, 6.07) is 0.304.